The van der Waals surface area contributed by atoms with E-state index in [-0.39, 0.29) is 29.5 Å². The van der Waals surface area contributed by atoms with Gasteiger partial charge in [-0.15, -0.1) is 0 Å². The van der Waals surface area contributed by atoms with Gasteiger partial charge in [-0.3, -0.25) is 9.10 Å². The fourth-order valence-corrected chi connectivity index (χ4v) is 6.18. The highest BCUT2D eigenvalue weighted by molar-refractivity contribution is 7.98. The fourth-order valence-electron chi connectivity index (χ4n) is 3.55. The number of rotatable bonds is 10. The molecule has 12 heteroatoms. The molecule has 3 aromatic carbocycles. The van der Waals surface area contributed by atoms with Crippen molar-refractivity contribution in [2.75, 3.05) is 36.4 Å². The zero-order valence-corrected chi connectivity index (χ0v) is 21.8. The number of carbonyl (C=O) groups excluding carboxylic acids is 1. The van der Waals surface area contributed by atoms with E-state index in [1.807, 2.05) is 0 Å². The predicted octanol–water partition coefficient (Wildman–Crippen LogP) is 4.63. The first kappa shape index (κ1) is 27.0. The molecule has 7 nitrogen and oxygen atoms in total. The highest BCUT2D eigenvalue weighted by Crippen LogP contribution is 2.34. The van der Waals surface area contributed by atoms with Crippen LogP contribution in [0.1, 0.15) is 5.56 Å². The number of amides is 1. The second-order valence-corrected chi connectivity index (χ2v) is 11.3. The summed E-state index contributed by atoms with van der Waals surface area (Å²) in [5, 5.41) is 2.98. The summed E-state index contributed by atoms with van der Waals surface area (Å²) in [6.45, 7) is 0.245. The maximum Gasteiger partial charge on any atom is 0.264 e. The number of thioether (sulfide) groups is 1. The van der Waals surface area contributed by atoms with Crippen molar-refractivity contribution in [3.63, 3.8) is 0 Å². The number of sulfonamides is 1. The molecule has 1 amide bonds. The average Bonchev–Trinajstić information content (AvgIpc) is 2.88. The first-order valence-corrected chi connectivity index (χ1v) is 14.2. The number of hydrogen-bond donors (Lipinski definition) is 1. The first-order valence-electron chi connectivity index (χ1n) is 11.2. The van der Waals surface area contributed by atoms with Gasteiger partial charge in [-0.05, 0) is 42.5 Å². The van der Waals surface area contributed by atoms with Crippen LogP contribution in [0.4, 0.5) is 14.5 Å². The van der Waals surface area contributed by atoms with E-state index >= 15 is 0 Å². The molecule has 196 valence electrons. The minimum absolute atomic E-state index is 0.00592. The molecule has 37 heavy (non-hydrogen) atoms. The summed E-state index contributed by atoms with van der Waals surface area (Å²) in [4.78, 5) is 12.6. The quantitative estimate of drug-likeness (QED) is 0.359. The SMILES string of the molecule is O=C(CN(c1cccc(F)c1)S(=O)(=O)c1ccc2c(c1)OCCO2)NCCSCc1c(F)cccc1Cl. The van der Waals surface area contributed by atoms with Crippen LogP contribution in [0.25, 0.3) is 0 Å². The largest absolute Gasteiger partial charge is 0.486 e. The van der Waals surface area contributed by atoms with Crippen LogP contribution in [-0.2, 0) is 20.6 Å². The maximum absolute atomic E-state index is 14.0. The van der Waals surface area contributed by atoms with Gasteiger partial charge >= 0.3 is 0 Å². The third kappa shape index (κ3) is 6.65. The molecule has 3 aromatic rings. The molecule has 4 rings (SSSR count). The van der Waals surface area contributed by atoms with Gasteiger partial charge in [-0.2, -0.15) is 11.8 Å². The molecule has 1 heterocycles. The van der Waals surface area contributed by atoms with Crippen LogP contribution < -0.4 is 19.1 Å². The van der Waals surface area contributed by atoms with E-state index in [9.17, 15) is 22.0 Å². The van der Waals surface area contributed by atoms with Gasteiger partial charge in [-0.1, -0.05) is 23.7 Å². The van der Waals surface area contributed by atoms with Gasteiger partial charge in [0.15, 0.2) is 11.5 Å². The molecule has 0 radical (unpaired) electrons. The first-order chi connectivity index (χ1) is 17.8. The van der Waals surface area contributed by atoms with Crippen LogP contribution >= 0.6 is 23.4 Å². The van der Waals surface area contributed by atoms with Gasteiger partial charge in [-0.25, -0.2) is 17.2 Å². The fraction of sp³-hybridized carbons (Fsp3) is 0.240. The number of hydrogen-bond acceptors (Lipinski definition) is 6. The van der Waals surface area contributed by atoms with Crippen LogP contribution in [0, 0.1) is 11.6 Å². The lowest BCUT2D eigenvalue weighted by molar-refractivity contribution is -0.119. The number of anilines is 1. The summed E-state index contributed by atoms with van der Waals surface area (Å²) in [7, 11) is -4.27. The Morgan fingerprint density at radius 1 is 1.03 bits per heavy atom. The third-order valence-corrected chi connectivity index (χ3v) is 8.47. The smallest absolute Gasteiger partial charge is 0.264 e. The minimum atomic E-state index is -4.27. The Balaban J connectivity index is 1.44. The molecule has 1 aliphatic heterocycles. The lowest BCUT2D eigenvalue weighted by atomic mass is 10.2. The number of benzene rings is 3. The molecule has 0 saturated carbocycles. The summed E-state index contributed by atoms with van der Waals surface area (Å²) in [6.07, 6.45) is 0. The number of nitrogens with zero attached hydrogens (tertiary/aromatic N) is 1. The summed E-state index contributed by atoms with van der Waals surface area (Å²) in [5.74, 6) is -0.213. The van der Waals surface area contributed by atoms with E-state index in [0.29, 0.717) is 34.4 Å². The van der Waals surface area contributed by atoms with Crippen molar-refractivity contribution in [2.24, 2.45) is 0 Å². The molecular formula is C25H23ClF2N2O5S2. The average molecular weight is 569 g/mol. The van der Waals surface area contributed by atoms with Crippen molar-refractivity contribution < 1.29 is 31.5 Å². The lowest BCUT2D eigenvalue weighted by Gasteiger charge is -2.25. The van der Waals surface area contributed by atoms with Crippen LogP contribution in [0.15, 0.2) is 65.6 Å². The monoisotopic (exact) mass is 568 g/mol. The number of ether oxygens (including phenoxy) is 2. The van der Waals surface area contributed by atoms with E-state index in [1.54, 1.807) is 6.07 Å². The van der Waals surface area contributed by atoms with Crippen LogP contribution in [-0.4, -0.2) is 46.4 Å². The van der Waals surface area contributed by atoms with Crippen molar-refractivity contribution in [1.82, 2.24) is 5.32 Å². The zero-order valence-electron chi connectivity index (χ0n) is 19.5. The van der Waals surface area contributed by atoms with Crippen molar-refractivity contribution in [3.05, 3.63) is 82.9 Å². The van der Waals surface area contributed by atoms with Gasteiger partial charge in [0.2, 0.25) is 5.91 Å². The van der Waals surface area contributed by atoms with Crippen molar-refractivity contribution >= 4 is 45.0 Å². The van der Waals surface area contributed by atoms with Crippen molar-refractivity contribution in [2.45, 2.75) is 10.6 Å². The molecular weight excluding hydrogens is 546 g/mol. The number of carbonyl (C=O) groups is 1. The van der Waals surface area contributed by atoms with Crippen LogP contribution in [0.5, 0.6) is 11.5 Å². The molecule has 0 bridgehead atoms. The maximum atomic E-state index is 14.0. The van der Waals surface area contributed by atoms with E-state index in [1.165, 1.54) is 60.3 Å². The molecule has 0 aliphatic carbocycles. The normalized spacial score (nSPS) is 12.7. The van der Waals surface area contributed by atoms with Crippen molar-refractivity contribution in [3.8, 4) is 11.5 Å². The Labute approximate surface area is 222 Å². The standard InChI is InChI=1S/C25H23ClF2N2O5S2/c26-21-5-2-6-22(28)20(21)16-36-12-9-29-25(31)15-30(18-4-1-3-17(27)13-18)37(32,33)19-7-8-23-24(14-19)35-11-10-34-23/h1-8,13-14H,9-12,15-16H2,(H,29,31). The molecule has 0 saturated heterocycles. The Hall–Kier alpha value is -3.02. The topological polar surface area (TPSA) is 84.9 Å². The van der Waals surface area contributed by atoms with E-state index in [4.69, 9.17) is 21.1 Å². The Kier molecular flexibility index (Phi) is 8.78. The lowest BCUT2D eigenvalue weighted by Crippen LogP contribution is -2.41. The highest BCUT2D eigenvalue weighted by Gasteiger charge is 2.29. The van der Waals surface area contributed by atoms with Gasteiger partial charge in [0.05, 0.1) is 10.6 Å². The van der Waals surface area contributed by atoms with E-state index in [2.05, 4.69) is 5.32 Å². The van der Waals surface area contributed by atoms with E-state index < -0.39 is 34.1 Å². The summed E-state index contributed by atoms with van der Waals surface area (Å²) >= 11 is 7.39. The number of fused-ring (bicyclic) bond motifs is 1. The molecule has 1 N–H and O–H groups in total. The number of halogens is 3. The van der Waals surface area contributed by atoms with Gasteiger partial charge in [0.1, 0.15) is 31.4 Å². The van der Waals surface area contributed by atoms with Crippen LogP contribution in [0.2, 0.25) is 5.02 Å². The van der Waals surface area contributed by atoms with Gasteiger partial charge < -0.3 is 14.8 Å². The summed E-state index contributed by atoms with van der Waals surface area (Å²) < 4.78 is 66.7. The minimum Gasteiger partial charge on any atom is -0.486 e. The van der Waals surface area contributed by atoms with Crippen LogP contribution in [0.3, 0.4) is 0 Å². The summed E-state index contributed by atoms with van der Waals surface area (Å²) in [5.41, 5.74) is 0.372. The zero-order chi connectivity index (χ0) is 26.4. The third-order valence-electron chi connectivity index (χ3n) is 5.36. The molecule has 1 aliphatic rings. The Morgan fingerprint density at radius 3 is 2.54 bits per heavy atom. The molecule has 0 fully saturated rings. The molecule has 0 unspecified atom stereocenters. The Bertz CT molecular complexity index is 1370. The Morgan fingerprint density at radius 2 is 1.78 bits per heavy atom. The van der Waals surface area contributed by atoms with Gasteiger partial charge in [0.25, 0.3) is 10.0 Å². The second kappa shape index (κ2) is 12.0. The molecule has 0 spiro atoms. The second-order valence-electron chi connectivity index (χ2n) is 7.90. The molecule has 0 aromatic heterocycles. The predicted molar refractivity (Wildman–Crippen MR) is 139 cm³/mol. The van der Waals surface area contributed by atoms with Crippen molar-refractivity contribution in [1.29, 1.82) is 0 Å². The summed E-state index contributed by atoms with van der Waals surface area (Å²) in [6, 6.07) is 13.6. The highest BCUT2D eigenvalue weighted by atomic mass is 35.5. The van der Waals surface area contributed by atoms with E-state index in [0.717, 1.165) is 10.4 Å². The van der Waals surface area contributed by atoms with Gasteiger partial charge in [0, 0.05) is 34.7 Å². The molecule has 0 atom stereocenters. The number of nitrogens with one attached hydrogen (secondary N) is 1.